The van der Waals surface area contributed by atoms with Crippen molar-refractivity contribution in [1.29, 1.82) is 0 Å². The van der Waals surface area contributed by atoms with Crippen molar-refractivity contribution < 1.29 is 14.7 Å². The molecule has 0 unspecified atom stereocenters. The minimum absolute atomic E-state index is 0.0699. The second-order valence-corrected chi connectivity index (χ2v) is 6.41. The molecular weight excluding hydrogens is 288 g/mol. The van der Waals surface area contributed by atoms with Gasteiger partial charge in [-0.15, -0.1) is 11.3 Å². The maximum absolute atomic E-state index is 12.3. The van der Waals surface area contributed by atoms with Crippen LogP contribution in [0, 0.1) is 27.7 Å². The molecule has 0 aliphatic rings. The largest absolute Gasteiger partial charge is 0.477 e. The Morgan fingerprint density at radius 3 is 2.43 bits per heavy atom. The fourth-order valence-electron chi connectivity index (χ4n) is 2.30. The molecule has 0 bridgehead atoms. The molecule has 0 radical (unpaired) electrons. The van der Waals surface area contributed by atoms with Gasteiger partial charge in [0.15, 0.2) is 0 Å². The van der Waals surface area contributed by atoms with Crippen LogP contribution in [-0.2, 0) is 6.54 Å². The molecule has 0 aromatic carbocycles. The van der Waals surface area contributed by atoms with E-state index in [2.05, 4.69) is 16.4 Å². The molecule has 0 atom stereocenters. The summed E-state index contributed by atoms with van der Waals surface area (Å²) in [6, 6.07) is 2.06. The number of nitrogens with one attached hydrogen (secondary N) is 2. The van der Waals surface area contributed by atoms with Crippen molar-refractivity contribution in [1.82, 2.24) is 10.3 Å². The monoisotopic (exact) mass is 306 g/mol. The van der Waals surface area contributed by atoms with Crippen LogP contribution in [0.4, 0.5) is 0 Å². The predicted octanol–water partition coefficient (Wildman–Crippen LogP) is 2.94. The molecule has 0 aliphatic heterocycles. The lowest BCUT2D eigenvalue weighted by Crippen LogP contribution is -2.23. The number of hydrogen-bond donors (Lipinski definition) is 3. The van der Waals surface area contributed by atoms with Gasteiger partial charge in [0.25, 0.3) is 5.91 Å². The lowest BCUT2D eigenvalue weighted by molar-refractivity contribution is 0.0690. The Morgan fingerprint density at radius 2 is 1.95 bits per heavy atom. The van der Waals surface area contributed by atoms with Gasteiger partial charge in [0.1, 0.15) is 5.69 Å². The normalized spacial score (nSPS) is 10.7. The minimum Gasteiger partial charge on any atom is -0.477 e. The summed E-state index contributed by atoms with van der Waals surface area (Å²) in [5.41, 5.74) is 2.74. The van der Waals surface area contributed by atoms with Gasteiger partial charge in [-0.05, 0) is 44.9 Å². The quantitative estimate of drug-likeness (QED) is 0.812. The summed E-state index contributed by atoms with van der Waals surface area (Å²) < 4.78 is 0. The number of amides is 1. The van der Waals surface area contributed by atoms with Crippen molar-refractivity contribution in [3.63, 3.8) is 0 Å². The van der Waals surface area contributed by atoms with E-state index < -0.39 is 5.97 Å². The number of carboxylic acids is 1. The summed E-state index contributed by atoms with van der Waals surface area (Å²) in [5, 5.41) is 11.9. The van der Waals surface area contributed by atoms with Crippen molar-refractivity contribution >= 4 is 23.2 Å². The molecule has 112 valence electrons. The lowest BCUT2D eigenvalue weighted by Gasteiger charge is -2.04. The smallest absolute Gasteiger partial charge is 0.352 e. The Morgan fingerprint density at radius 1 is 1.29 bits per heavy atom. The Labute approximate surface area is 127 Å². The SMILES string of the molecule is Cc1cc(CNC(=O)c2c(C)[nH]c(C(=O)O)c2C)sc1C. The molecule has 5 nitrogen and oxygen atoms in total. The van der Waals surface area contributed by atoms with Crippen molar-refractivity contribution in [2.24, 2.45) is 0 Å². The fraction of sp³-hybridized carbons (Fsp3) is 0.333. The molecule has 2 heterocycles. The van der Waals surface area contributed by atoms with E-state index >= 15 is 0 Å². The average molecular weight is 306 g/mol. The number of hydrogen-bond acceptors (Lipinski definition) is 3. The van der Waals surface area contributed by atoms with E-state index in [-0.39, 0.29) is 11.6 Å². The summed E-state index contributed by atoms with van der Waals surface area (Å²) in [6.45, 7) is 7.88. The van der Waals surface area contributed by atoms with Gasteiger partial charge in [-0.2, -0.15) is 0 Å². The van der Waals surface area contributed by atoms with Gasteiger partial charge < -0.3 is 15.4 Å². The van der Waals surface area contributed by atoms with Crippen molar-refractivity contribution in [3.05, 3.63) is 43.9 Å². The molecule has 21 heavy (non-hydrogen) atoms. The molecule has 2 aromatic rings. The standard InChI is InChI=1S/C15H18N2O3S/c1-7-5-11(21-10(7)4)6-16-14(18)12-8(2)13(15(19)20)17-9(12)3/h5,17H,6H2,1-4H3,(H,16,18)(H,19,20). The first-order valence-corrected chi connectivity index (χ1v) is 7.39. The molecule has 0 fully saturated rings. The third-order valence-corrected chi connectivity index (χ3v) is 4.67. The lowest BCUT2D eigenvalue weighted by atomic mass is 10.1. The number of aromatic amines is 1. The van der Waals surface area contributed by atoms with E-state index in [0.29, 0.717) is 23.4 Å². The molecule has 6 heteroatoms. The minimum atomic E-state index is -1.06. The van der Waals surface area contributed by atoms with Crippen molar-refractivity contribution in [2.45, 2.75) is 34.2 Å². The molecule has 2 rings (SSSR count). The summed E-state index contributed by atoms with van der Waals surface area (Å²) >= 11 is 1.65. The van der Waals surface area contributed by atoms with Gasteiger partial charge >= 0.3 is 5.97 Å². The number of carbonyl (C=O) groups excluding carboxylic acids is 1. The number of thiophene rings is 1. The molecule has 0 saturated heterocycles. The molecule has 3 N–H and O–H groups in total. The summed E-state index contributed by atoms with van der Waals surface area (Å²) in [4.78, 5) is 28.4. The first kappa shape index (κ1) is 15.3. The Balaban J connectivity index is 2.15. The zero-order valence-corrected chi connectivity index (χ0v) is 13.3. The van der Waals surface area contributed by atoms with Crippen molar-refractivity contribution in [2.75, 3.05) is 0 Å². The van der Waals surface area contributed by atoms with Gasteiger partial charge in [-0.25, -0.2) is 4.79 Å². The highest BCUT2D eigenvalue weighted by molar-refractivity contribution is 7.12. The second-order valence-electron chi connectivity index (χ2n) is 5.06. The molecule has 2 aromatic heterocycles. The molecule has 0 spiro atoms. The summed E-state index contributed by atoms with van der Waals surface area (Å²) in [7, 11) is 0. The Kier molecular flexibility index (Phi) is 4.18. The Bertz CT molecular complexity index is 693. The van der Waals surface area contributed by atoms with E-state index in [1.54, 1.807) is 25.2 Å². The zero-order valence-electron chi connectivity index (χ0n) is 12.5. The van der Waals surface area contributed by atoms with Crippen molar-refractivity contribution in [3.8, 4) is 0 Å². The van der Waals surface area contributed by atoms with Crippen LogP contribution in [0.5, 0.6) is 0 Å². The number of aromatic carboxylic acids is 1. The Hall–Kier alpha value is -2.08. The van der Waals surface area contributed by atoms with Crippen LogP contribution in [0.3, 0.4) is 0 Å². The highest BCUT2D eigenvalue weighted by Gasteiger charge is 2.21. The van der Waals surface area contributed by atoms with E-state index in [1.807, 2.05) is 13.8 Å². The number of aryl methyl sites for hydroxylation is 3. The molecular formula is C15H18N2O3S. The zero-order chi connectivity index (χ0) is 15.7. The molecule has 1 amide bonds. The van der Waals surface area contributed by atoms with E-state index in [4.69, 9.17) is 5.11 Å². The van der Waals surface area contributed by atoms with E-state index in [0.717, 1.165) is 4.88 Å². The van der Waals surface area contributed by atoms with Crippen LogP contribution >= 0.6 is 11.3 Å². The second kappa shape index (κ2) is 5.73. The van der Waals surface area contributed by atoms with Crippen LogP contribution in [0.1, 0.15) is 47.4 Å². The summed E-state index contributed by atoms with van der Waals surface area (Å²) in [5.74, 6) is -1.31. The van der Waals surface area contributed by atoms with Crippen LogP contribution in [0.2, 0.25) is 0 Å². The maximum Gasteiger partial charge on any atom is 0.352 e. The third kappa shape index (κ3) is 3.00. The number of H-pyrrole nitrogens is 1. The topological polar surface area (TPSA) is 82.2 Å². The molecule has 0 saturated carbocycles. The highest BCUT2D eigenvalue weighted by atomic mass is 32.1. The first-order valence-electron chi connectivity index (χ1n) is 6.57. The van der Waals surface area contributed by atoms with Crippen LogP contribution < -0.4 is 5.32 Å². The van der Waals surface area contributed by atoms with Gasteiger partial charge in [0.05, 0.1) is 12.1 Å². The maximum atomic E-state index is 12.3. The number of aromatic nitrogens is 1. The van der Waals surface area contributed by atoms with Crippen LogP contribution in [0.15, 0.2) is 6.07 Å². The van der Waals surface area contributed by atoms with E-state index in [9.17, 15) is 9.59 Å². The molecule has 0 aliphatic carbocycles. The van der Waals surface area contributed by atoms with E-state index in [1.165, 1.54) is 10.4 Å². The van der Waals surface area contributed by atoms with Gasteiger partial charge in [0.2, 0.25) is 0 Å². The fourth-order valence-corrected chi connectivity index (χ4v) is 3.29. The number of carboxylic acid groups (broad SMARTS) is 1. The number of carbonyl (C=O) groups is 2. The predicted molar refractivity (Wildman–Crippen MR) is 82.2 cm³/mol. The average Bonchev–Trinajstić information content (AvgIpc) is 2.87. The summed E-state index contributed by atoms with van der Waals surface area (Å²) in [6.07, 6.45) is 0. The first-order chi connectivity index (χ1) is 9.81. The van der Waals surface area contributed by atoms with Crippen LogP contribution in [-0.4, -0.2) is 22.0 Å². The third-order valence-electron chi connectivity index (χ3n) is 3.52. The van der Waals surface area contributed by atoms with Gasteiger partial charge in [-0.1, -0.05) is 0 Å². The highest BCUT2D eigenvalue weighted by Crippen LogP contribution is 2.21. The van der Waals surface area contributed by atoms with Gasteiger partial charge in [0, 0.05) is 15.4 Å². The van der Waals surface area contributed by atoms with Crippen LogP contribution in [0.25, 0.3) is 0 Å². The van der Waals surface area contributed by atoms with Gasteiger partial charge in [-0.3, -0.25) is 4.79 Å². The number of rotatable bonds is 4.